The van der Waals surface area contributed by atoms with E-state index in [0.29, 0.717) is 13.1 Å². The van der Waals surface area contributed by atoms with E-state index in [1.54, 1.807) is 30.3 Å². The SMILES string of the molecule is CCN(CC)S(=O)(=O)c1ccc(/C=C/C(=O)Nc2cccc3c2CCCC3)cc1. The van der Waals surface area contributed by atoms with Crippen molar-refractivity contribution in [3.05, 3.63) is 65.2 Å². The summed E-state index contributed by atoms with van der Waals surface area (Å²) in [6.45, 7) is 4.51. The molecular formula is C23H28N2O3S. The number of sulfonamides is 1. The van der Waals surface area contributed by atoms with Crippen molar-refractivity contribution in [1.29, 1.82) is 0 Å². The summed E-state index contributed by atoms with van der Waals surface area (Å²) < 4.78 is 26.5. The number of nitrogens with one attached hydrogen (secondary N) is 1. The average molecular weight is 413 g/mol. The van der Waals surface area contributed by atoms with Crippen LogP contribution in [0.3, 0.4) is 0 Å². The lowest BCUT2D eigenvalue weighted by atomic mass is 9.90. The molecule has 1 aliphatic carbocycles. The van der Waals surface area contributed by atoms with Crippen LogP contribution in [0.15, 0.2) is 53.4 Å². The lowest BCUT2D eigenvalue weighted by Crippen LogP contribution is -2.30. The van der Waals surface area contributed by atoms with Crippen LogP contribution in [0.5, 0.6) is 0 Å². The summed E-state index contributed by atoms with van der Waals surface area (Å²) in [5.74, 6) is -0.191. The maximum absolute atomic E-state index is 12.5. The molecule has 0 unspecified atom stereocenters. The third-order valence-electron chi connectivity index (χ3n) is 5.30. The number of anilines is 1. The lowest BCUT2D eigenvalue weighted by molar-refractivity contribution is -0.111. The number of carbonyl (C=O) groups excluding carboxylic acids is 1. The predicted molar refractivity (Wildman–Crippen MR) is 117 cm³/mol. The molecule has 5 nitrogen and oxygen atoms in total. The van der Waals surface area contributed by atoms with Crippen LogP contribution in [0.2, 0.25) is 0 Å². The summed E-state index contributed by atoms with van der Waals surface area (Å²) >= 11 is 0. The van der Waals surface area contributed by atoms with Crippen LogP contribution in [0.4, 0.5) is 5.69 Å². The molecule has 0 spiro atoms. The second-order valence-corrected chi connectivity index (χ2v) is 9.07. The number of fused-ring (bicyclic) bond motifs is 1. The van der Waals surface area contributed by atoms with Gasteiger partial charge in [0.25, 0.3) is 0 Å². The van der Waals surface area contributed by atoms with Gasteiger partial charge in [-0.05, 0) is 66.6 Å². The number of nitrogens with zero attached hydrogens (tertiary/aromatic N) is 1. The van der Waals surface area contributed by atoms with E-state index in [1.807, 2.05) is 26.0 Å². The third kappa shape index (κ3) is 4.95. The van der Waals surface area contributed by atoms with Crippen molar-refractivity contribution in [2.24, 2.45) is 0 Å². The number of hydrogen-bond donors (Lipinski definition) is 1. The Hall–Kier alpha value is -2.44. The maximum atomic E-state index is 12.5. The van der Waals surface area contributed by atoms with Crippen molar-refractivity contribution < 1.29 is 13.2 Å². The molecule has 0 aromatic heterocycles. The Kier molecular flexibility index (Phi) is 6.87. The molecule has 0 aliphatic heterocycles. The number of rotatable bonds is 7. The van der Waals surface area contributed by atoms with Crippen molar-refractivity contribution in [1.82, 2.24) is 4.31 Å². The van der Waals surface area contributed by atoms with E-state index in [9.17, 15) is 13.2 Å². The molecule has 0 bridgehead atoms. The van der Waals surface area contributed by atoms with Gasteiger partial charge in [-0.25, -0.2) is 8.42 Å². The summed E-state index contributed by atoms with van der Waals surface area (Å²) in [4.78, 5) is 12.6. The van der Waals surface area contributed by atoms with E-state index >= 15 is 0 Å². The van der Waals surface area contributed by atoms with Gasteiger partial charge in [0.05, 0.1) is 4.90 Å². The molecule has 0 radical (unpaired) electrons. The topological polar surface area (TPSA) is 66.5 Å². The molecular weight excluding hydrogens is 384 g/mol. The molecule has 154 valence electrons. The van der Waals surface area contributed by atoms with Gasteiger partial charge in [0.2, 0.25) is 15.9 Å². The van der Waals surface area contributed by atoms with Gasteiger partial charge >= 0.3 is 0 Å². The second-order valence-electron chi connectivity index (χ2n) is 7.13. The molecule has 0 saturated heterocycles. The number of benzene rings is 2. The normalized spacial score (nSPS) is 14.2. The molecule has 0 fully saturated rings. The number of hydrogen-bond acceptors (Lipinski definition) is 3. The number of amides is 1. The van der Waals surface area contributed by atoms with E-state index < -0.39 is 10.0 Å². The van der Waals surface area contributed by atoms with Gasteiger partial charge in [-0.1, -0.05) is 38.1 Å². The largest absolute Gasteiger partial charge is 0.322 e. The summed E-state index contributed by atoms with van der Waals surface area (Å²) in [7, 11) is -3.47. The van der Waals surface area contributed by atoms with Gasteiger partial charge in [0, 0.05) is 24.9 Å². The van der Waals surface area contributed by atoms with E-state index in [-0.39, 0.29) is 10.8 Å². The van der Waals surface area contributed by atoms with Crippen LogP contribution >= 0.6 is 0 Å². The van der Waals surface area contributed by atoms with Gasteiger partial charge < -0.3 is 5.32 Å². The first-order chi connectivity index (χ1) is 14.0. The summed E-state index contributed by atoms with van der Waals surface area (Å²) in [6.07, 6.45) is 7.59. The highest BCUT2D eigenvalue weighted by atomic mass is 32.2. The Labute approximate surface area is 173 Å². The van der Waals surface area contributed by atoms with Crippen LogP contribution in [0.25, 0.3) is 6.08 Å². The molecule has 3 rings (SSSR count). The van der Waals surface area contributed by atoms with E-state index in [2.05, 4.69) is 11.4 Å². The number of carbonyl (C=O) groups is 1. The van der Waals surface area contributed by atoms with E-state index in [1.165, 1.54) is 27.9 Å². The average Bonchev–Trinajstić information content (AvgIpc) is 2.73. The molecule has 1 N–H and O–H groups in total. The summed E-state index contributed by atoms with van der Waals surface area (Å²) in [6, 6.07) is 12.7. The zero-order chi connectivity index (χ0) is 20.9. The van der Waals surface area contributed by atoms with Gasteiger partial charge in [-0.2, -0.15) is 4.31 Å². The molecule has 0 heterocycles. The zero-order valence-corrected chi connectivity index (χ0v) is 17.8. The number of aryl methyl sites for hydroxylation is 1. The minimum absolute atomic E-state index is 0.191. The first-order valence-electron chi connectivity index (χ1n) is 10.2. The Morgan fingerprint density at radius 2 is 1.72 bits per heavy atom. The van der Waals surface area contributed by atoms with E-state index in [4.69, 9.17) is 0 Å². The van der Waals surface area contributed by atoms with Crippen LogP contribution < -0.4 is 5.32 Å². The molecule has 0 atom stereocenters. The monoisotopic (exact) mass is 412 g/mol. The van der Waals surface area contributed by atoms with Crippen molar-refractivity contribution in [3.8, 4) is 0 Å². The van der Waals surface area contributed by atoms with Crippen molar-refractivity contribution in [2.45, 2.75) is 44.4 Å². The van der Waals surface area contributed by atoms with Crippen LogP contribution in [0, 0.1) is 0 Å². The molecule has 1 amide bonds. The summed E-state index contributed by atoms with van der Waals surface area (Å²) in [5.41, 5.74) is 4.22. The smallest absolute Gasteiger partial charge is 0.248 e. The minimum Gasteiger partial charge on any atom is -0.322 e. The molecule has 6 heteroatoms. The van der Waals surface area contributed by atoms with Crippen LogP contribution in [-0.2, 0) is 27.7 Å². The molecule has 1 aliphatic rings. The molecule has 29 heavy (non-hydrogen) atoms. The fourth-order valence-corrected chi connectivity index (χ4v) is 5.17. The van der Waals surface area contributed by atoms with Crippen molar-refractivity contribution >= 4 is 27.7 Å². The molecule has 2 aromatic carbocycles. The third-order valence-corrected chi connectivity index (χ3v) is 7.37. The Morgan fingerprint density at radius 3 is 2.41 bits per heavy atom. The van der Waals surface area contributed by atoms with Gasteiger partial charge in [-0.3, -0.25) is 4.79 Å². The molecule has 0 saturated carbocycles. The lowest BCUT2D eigenvalue weighted by Gasteiger charge is -2.19. The van der Waals surface area contributed by atoms with Gasteiger partial charge in [0.15, 0.2) is 0 Å². The first-order valence-corrected chi connectivity index (χ1v) is 11.6. The Morgan fingerprint density at radius 1 is 1.03 bits per heavy atom. The van der Waals surface area contributed by atoms with Crippen molar-refractivity contribution in [3.63, 3.8) is 0 Å². The van der Waals surface area contributed by atoms with Crippen LogP contribution in [0.1, 0.15) is 43.4 Å². The maximum Gasteiger partial charge on any atom is 0.248 e. The Balaban J connectivity index is 1.68. The Bertz CT molecular complexity index is 991. The highest BCUT2D eigenvalue weighted by molar-refractivity contribution is 7.89. The summed E-state index contributed by atoms with van der Waals surface area (Å²) in [5, 5.41) is 2.98. The van der Waals surface area contributed by atoms with Crippen LogP contribution in [-0.4, -0.2) is 31.7 Å². The van der Waals surface area contributed by atoms with E-state index in [0.717, 1.165) is 30.5 Å². The first kappa shape index (κ1) is 21.3. The predicted octanol–water partition coefficient (Wildman–Crippen LogP) is 4.25. The highest BCUT2D eigenvalue weighted by Gasteiger charge is 2.21. The fourth-order valence-electron chi connectivity index (χ4n) is 3.71. The van der Waals surface area contributed by atoms with Gasteiger partial charge in [0.1, 0.15) is 0 Å². The highest BCUT2D eigenvalue weighted by Crippen LogP contribution is 2.27. The van der Waals surface area contributed by atoms with Gasteiger partial charge in [-0.15, -0.1) is 0 Å². The minimum atomic E-state index is -3.47. The molecule has 2 aromatic rings. The van der Waals surface area contributed by atoms with Crippen molar-refractivity contribution in [2.75, 3.05) is 18.4 Å². The standard InChI is InChI=1S/C23H28N2O3S/c1-3-25(4-2)29(27,28)20-15-12-18(13-16-20)14-17-23(26)24-22-11-7-9-19-8-5-6-10-21(19)22/h7,9,11-17H,3-6,8,10H2,1-2H3,(H,24,26)/b17-14+. The second kappa shape index (κ2) is 9.37. The zero-order valence-electron chi connectivity index (χ0n) is 17.0. The fraction of sp³-hybridized carbons (Fsp3) is 0.348. The quantitative estimate of drug-likeness (QED) is 0.692.